The molecule has 2 aromatic heterocycles. The van der Waals surface area contributed by atoms with Gasteiger partial charge in [0.1, 0.15) is 11.5 Å². The predicted molar refractivity (Wildman–Crippen MR) is 94.5 cm³/mol. The Morgan fingerprint density at radius 3 is 2.38 bits per heavy atom. The largest absolute Gasteiger partial charge is 0.465 e. The zero-order chi connectivity index (χ0) is 18.5. The van der Waals surface area contributed by atoms with E-state index < -0.39 is 5.97 Å². The van der Waals surface area contributed by atoms with E-state index >= 15 is 0 Å². The van der Waals surface area contributed by atoms with Gasteiger partial charge in [0, 0.05) is 11.8 Å². The number of carbonyl (C=O) groups is 2. The number of nitrogens with one attached hydrogen (secondary N) is 2. The summed E-state index contributed by atoms with van der Waals surface area (Å²) in [6.45, 7) is 1.74. The second-order valence-electron chi connectivity index (χ2n) is 5.40. The first-order chi connectivity index (χ1) is 12.5. The molecule has 132 valence electrons. The average Bonchev–Trinajstić information content (AvgIpc) is 3.07. The highest BCUT2D eigenvalue weighted by Crippen LogP contribution is 2.17. The van der Waals surface area contributed by atoms with E-state index in [0.29, 0.717) is 22.8 Å². The normalized spacial score (nSPS) is 10.2. The maximum Gasteiger partial charge on any atom is 0.337 e. The molecule has 0 aliphatic heterocycles. The van der Waals surface area contributed by atoms with Crippen LogP contribution >= 0.6 is 0 Å². The van der Waals surface area contributed by atoms with Gasteiger partial charge in [-0.25, -0.2) is 9.78 Å². The maximum absolute atomic E-state index is 12.1. The van der Waals surface area contributed by atoms with Crippen molar-refractivity contribution in [1.29, 1.82) is 0 Å². The number of rotatable bonds is 5. The molecular formula is C18H16N4O4. The minimum absolute atomic E-state index is 0.247. The van der Waals surface area contributed by atoms with Crippen LogP contribution < -0.4 is 10.6 Å². The van der Waals surface area contributed by atoms with Gasteiger partial charge in [0.05, 0.1) is 24.6 Å². The number of hydrogen-bond acceptors (Lipinski definition) is 7. The lowest BCUT2D eigenvalue weighted by molar-refractivity contribution is 0.0600. The molecular weight excluding hydrogens is 336 g/mol. The summed E-state index contributed by atoms with van der Waals surface area (Å²) >= 11 is 0. The fraction of sp³-hybridized carbons (Fsp3) is 0.111. The van der Waals surface area contributed by atoms with Crippen LogP contribution in [0, 0.1) is 6.92 Å². The fourth-order valence-electron chi connectivity index (χ4n) is 2.18. The number of pyridine rings is 1. The van der Waals surface area contributed by atoms with Crippen LogP contribution in [0.4, 0.5) is 17.2 Å². The second-order valence-corrected chi connectivity index (χ2v) is 5.40. The van der Waals surface area contributed by atoms with Crippen molar-refractivity contribution >= 4 is 29.1 Å². The molecule has 26 heavy (non-hydrogen) atoms. The standard InChI is InChI=1S/C18H16N4O4/c1-11-9-16(22-26-11)21-17(23)15-8-7-14(10-19-15)20-13-5-3-12(4-6-13)18(24)25-2/h3-10,20H,1-2H3,(H,21,22,23). The molecule has 1 amide bonds. The van der Waals surface area contributed by atoms with Gasteiger partial charge in [0.25, 0.3) is 5.91 Å². The number of aryl methyl sites for hydroxylation is 1. The van der Waals surface area contributed by atoms with Crippen LogP contribution in [0.2, 0.25) is 0 Å². The minimum Gasteiger partial charge on any atom is -0.465 e. The summed E-state index contributed by atoms with van der Waals surface area (Å²) in [6.07, 6.45) is 1.54. The van der Waals surface area contributed by atoms with E-state index in [2.05, 4.69) is 25.5 Å². The molecule has 8 heteroatoms. The van der Waals surface area contributed by atoms with Crippen molar-refractivity contribution < 1.29 is 18.8 Å². The molecule has 0 unspecified atom stereocenters. The third kappa shape index (κ3) is 4.04. The monoisotopic (exact) mass is 352 g/mol. The van der Waals surface area contributed by atoms with Gasteiger partial charge in [-0.05, 0) is 43.3 Å². The first-order valence-electron chi connectivity index (χ1n) is 7.71. The molecule has 0 aliphatic carbocycles. The second kappa shape index (κ2) is 7.47. The summed E-state index contributed by atoms with van der Waals surface area (Å²) in [5.74, 6) is 0.163. The molecule has 0 bridgehead atoms. The fourth-order valence-corrected chi connectivity index (χ4v) is 2.18. The number of aromatic nitrogens is 2. The van der Waals surface area contributed by atoms with Crippen molar-refractivity contribution in [1.82, 2.24) is 10.1 Å². The molecule has 0 saturated heterocycles. The van der Waals surface area contributed by atoms with E-state index in [-0.39, 0.29) is 11.6 Å². The summed E-state index contributed by atoms with van der Waals surface area (Å²) in [4.78, 5) is 27.6. The Kier molecular flexibility index (Phi) is 4.93. The number of amides is 1. The summed E-state index contributed by atoms with van der Waals surface area (Å²) in [7, 11) is 1.33. The van der Waals surface area contributed by atoms with E-state index in [0.717, 1.165) is 5.69 Å². The molecule has 1 aromatic carbocycles. The Hall–Kier alpha value is -3.68. The highest BCUT2D eigenvalue weighted by atomic mass is 16.5. The Balaban J connectivity index is 1.63. The first-order valence-corrected chi connectivity index (χ1v) is 7.71. The van der Waals surface area contributed by atoms with Gasteiger partial charge in [0.2, 0.25) is 0 Å². The van der Waals surface area contributed by atoms with Gasteiger partial charge in [0.15, 0.2) is 5.82 Å². The number of hydrogen-bond donors (Lipinski definition) is 2. The van der Waals surface area contributed by atoms with Crippen LogP contribution in [-0.2, 0) is 4.74 Å². The highest BCUT2D eigenvalue weighted by molar-refractivity contribution is 6.02. The molecule has 0 atom stereocenters. The average molecular weight is 352 g/mol. The molecule has 2 heterocycles. The number of nitrogens with zero attached hydrogens (tertiary/aromatic N) is 2. The third-order valence-corrected chi connectivity index (χ3v) is 3.46. The van der Waals surface area contributed by atoms with Crippen LogP contribution in [0.3, 0.4) is 0 Å². The van der Waals surface area contributed by atoms with Crippen LogP contribution in [0.25, 0.3) is 0 Å². The SMILES string of the molecule is COC(=O)c1ccc(Nc2ccc(C(=O)Nc3cc(C)on3)nc2)cc1. The topological polar surface area (TPSA) is 106 Å². The molecule has 8 nitrogen and oxygen atoms in total. The van der Waals surface area contributed by atoms with Gasteiger partial charge >= 0.3 is 5.97 Å². The molecule has 0 aliphatic rings. The lowest BCUT2D eigenvalue weighted by atomic mass is 10.2. The number of methoxy groups -OCH3 is 1. The number of carbonyl (C=O) groups excluding carboxylic acids is 2. The summed E-state index contributed by atoms with van der Waals surface area (Å²) in [6, 6.07) is 11.7. The number of anilines is 3. The smallest absolute Gasteiger partial charge is 0.337 e. The van der Waals surface area contributed by atoms with Gasteiger partial charge in [-0.3, -0.25) is 4.79 Å². The molecule has 0 radical (unpaired) electrons. The number of esters is 1. The van der Waals surface area contributed by atoms with Crippen molar-refractivity contribution in [3.05, 3.63) is 65.7 Å². The Morgan fingerprint density at radius 1 is 1.08 bits per heavy atom. The van der Waals surface area contributed by atoms with E-state index in [4.69, 9.17) is 4.52 Å². The summed E-state index contributed by atoms with van der Waals surface area (Å²) in [5, 5.41) is 9.43. The Morgan fingerprint density at radius 2 is 1.81 bits per heavy atom. The number of ether oxygens (including phenoxy) is 1. The lowest BCUT2D eigenvalue weighted by Crippen LogP contribution is -2.13. The number of benzene rings is 1. The zero-order valence-electron chi connectivity index (χ0n) is 14.1. The molecule has 0 fully saturated rings. The Bertz CT molecular complexity index is 917. The van der Waals surface area contributed by atoms with Crippen molar-refractivity contribution in [2.45, 2.75) is 6.92 Å². The predicted octanol–water partition coefficient (Wildman–Crippen LogP) is 3.16. The molecule has 0 saturated carbocycles. The lowest BCUT2D eigenvalue weighted by Gasteiger charge is -2.07. The van der Waals surface area contributed by atoms with Crippen molar-refractivity contribution in [3.63, 3.8) is 0 Å². The van der Waals surface area contributed by atoms with E-state index in [1.807, 2.05) is 0 Å². The summed E-state index contributed by atoms with van der Waals surface area (Å²) in [5.41, 5.74) is 2.18. The zero-order valence-corrected chi connectivity index (χ0v) is 14.1. The van der Waals surface area contributed by atoms with Gasteiger partial charge in [-0.2, -0.15) is 0 Å². The minimum atomic E-state index is -0.393. The quantitative estimate of drug-likeness (QED) is 0.679. The first kappa shape index (κ1) is 17.2. The molecule has 2 N–H and O–H groups in total. The maximum atomic E-state index is 12.1. The van der Waals surface area contributed by atoms with Crippen LogP contribution in [-0.4, -0.2) is 29.1 Å². The van der Waals surface area contributed by atoms with Crippen molar-refractivity contribution in [2.75, 3.05) is 17.7 Å². The third-order valence-electron chi connectivity index (χ3n) is 3.46. The van der Waals surface area contributed by atoms with Gasteiger partial charge in [-0.15, -0.1) is 0 Å². The van der Waals surface area contributed by atoms with Crippen LogP contribution in [0.15, 0.2) is 53.2 Å². The molecule has 0 spiro atoms. The van der Waals surface area contributed by atoms with Crippen molar-refractivity contribution in [3.8, 4) is 0 Å². The van der Waals surface area contributed by atoms with Crippen LogP contribution in [0.5, 0.6) is 0 Å². The van der Waals surface area contributed by atoms with E-state index in [9.17, 15) is 9.59 Å². The summed E-state index contributed by atoms with van der Waals surface area (Å²) < 4.78 is 9.55. The van der Waals surface area contributed by atoms with Crippen LogP contribution in [0.1, 0.15) is 26.6 Å². The molecule has 3 rings (SSSR count). The van der Waals surface area contributed by atoms with Crippen molar-refractivity contribution in [2.24, 2.45) is 0 Å². The van der Waals surface area contributed by atoms with E-state index in [1.54, 1.807) is 49.4 Å². The van der Waals surface area contributed by atoms with Gasteiger partial charge < -0.3 is 19.9 Å². The van der Waals surface area contributed by atoms with E-state index in [1.165, 1.54) is 13.3 Å². The van der Waals surface area contributed by atoms with Gasteiger partial charge in [-0.1, -0.05) is 5.16 Å². The highest BCUT2D eigenvalue weighted by Gasteiger charge is 2.10. The Labute approximate surface area is 149 Å². The molecule has 3 aromatic rings.